The van der Waals surface area contributed by atoms with Crippen LogP contribution in [-0.2, 0) is 4.79 Å². The van der Waals surface area contributed by atoms with Gasteiger partial charge in [0.1, 0.15) is 11.3 Å². The van der Waals surface area contributed by atoms with Crippen LogP contribution in [0.25, 0.3) is 21.8 Å². The van der Waals surface area contributed by atoms with E-state index in [9.17, 15) is 9.59 Å². The van der Waals surface area contributed by atoms with Crippen molar-refractivity contribution in [2.24, 2.45) is 0 Å². The number of rotatable bonds is 7. The Kier molecular flexibility index (Phi) is 5.26. The molecule has 0 spiro atoms. The van der Waals surface area contributed by atoms with Crippen LogP contribution in [0, 0.1) is 0 Å². The van der Waals surface area contributed by atoms with Crippen molar-refractivity contribution in [2.75, 3.05) is 49.1 Å². The van der Waals surface area contributed by atoms with Gasteiger partial charge < -0.3 is 15.0 Å². The van der Waals surface area contributed by atoms with Crippen LogP contribution in [0.1, 0.15) is 20.8 Å². The first-order valence-electron chi connectivity index (χ1n) is 10.2. The van der Waals surface area contributed by atoms with Crippen LogP contribution in [0.4, 0.5) is 11.4 Å². The lowest BCUT2D eigenvalue weighted by molar-refractivity contribution is -0.131. The van der Waals surface area contributed by atoms with E-state index in [4.69, 9.17) is 4.74 Å². The van der Waals surface area contributed by atoms with Gasteiger partial charge >= 0.3 is 5.97 Å². The van der Waals surface area contributed by atoms with E-state index in [0.717, 1.165) is 48.6 Å². The molecular weight excluding hydrogens is 382 g/mol. The molecule has 4 rings (SSSR count). The second-order valence-corrected chi connectivity index (χ2v) is 7.41. The lowest BCUT2D eigenvalue weighted by Gasteiger charge is -2.19. The summed E-state index contributed by atoms with van der Waals surface area (Å²) < 4.78 is 7.12. The van der Waals surface area contributed by atoms with Crippen molar-refractivity contribution in [3.8, 4) is 5.75 Å². The molecule has 0 saturated carbocycles. The predicted octanol–water partition coefficient (Wildman–Crippen LogP) is 2.74. The molecule has 158 valence electrons. The molecule has 30 heavy (non-hydrogen) atoms. The molecule has 2 heterocycles. The fourth-order valence-electron chi connectivity index (χ4n) is 4.03. The van der Waals surface area contributed by atoms with Crippen molar-refractivity contribution in [3.63, 3.8) is 0 Å². The predicted molar refractivity (Wildman–Crippen MR) is 121 cm³/mol. The number of anilines is 2. The Labute approximate surface area is 174 Å². The average molecular weight is 409 g/mol. The number of aromatic nitrogens is 1. The molecule has 8 nitrogen and oxygen atoms in total. The van der Waals surface area contributed by atoms with Crippen LogP contribution in [0.15, 0.2) is 35.1 Å². The standard InChI is InChI=1S/C22H27N5O3/c1-5-26(6-2)12-11-23-17-8-10-19-21-20(17)22(29)16-13-15(30-14(3)28)7-9-18(16)27(21)24-25(19)4/h7-10,13,23-24H,5-6,11-12H2,1-4H3. The molecular formula is C22H27N5O3. The number of pyridine rings is 1. The molecule has 2 N–H and O–H groups in total. The largest absolute Gasteiger partial charge is 0.427 e. The van der Waals surface area contributed by atoms with Crippen molar-refractivity contribution < 1.29 is 9.53 Å². The van der Waals surface area contributed by atoms with Gasteiger partial charge in [0.2, 0.25) is 0 Å². The highest BCUT2D eigenvalue weighted by Crippen LogP contribution is 2.35. The van der Waals surface area contributed by atoms with Crippen molar-refractivity contribution in [1.29, 1.82) is 0 Å². The average Bonchev–Trinajstić information content (AvgIpc) is 3.06. The minimum Gasteiger partial charge on any atom is -0.427 e. The number of ether oxygens (including phenoxy) is 1. The monoisotopic (exact) mass is 409 g/mol. The third-order valence-corrected chi connectivity index (χ3v) is 5.57. The number of carbonyl (C=O) groups is 1. The summed E-state index contributed by atoms with van der Waals surface area (Å²) in [6.07, 6.45) is 0. The number of esters is 1. The lowest BCUT2D eigenvalue weighted by atomic mass is 10.1. The van der Waals surface area contributed by atoms with Crippen LogP contribution >= 0.6 is 0 Å². The fraction of sp³-hybridized carbons (Fsp3) is 0.364. The summed E-state index contributed by atoms with van der Waals surface area (Å²) >= 11 is 0. The molecule has 3 aromatic rings. The van der Waals surface area contributed by atoms with Gasteiger partial charge in [-0.15, -0.1) is 0 Å². The first-order valence-corrected chi connectivity index (χ1v) is 10.2. The molecule has 0 bridgehead atoms. The molecule has 1 aromatic heterocycles. The lowest BCUT2D eigenvalue weighted by Crippen LogP contribution is -2.28. The van der Waals surface area contributed by atoms with Gasteiger partial charge in [-0.2, -0.15) is 0 Å². The Balaban J connectivity index is 1.86. The van der Waals surface area contributed by atoms with Gasteiger partial charge in [0.05, 0.1) is 22.0 Å². The van der Waals surface area contributed by atoms with Crippen LogP contribution in [-0.4, -0.2) is 48.8 Å². The van der Waals surface area contributed by atoms with E-state index in [1.807, 2.05) is 28.9 Å². The molecule has 0 radical (unpaired) electrons. The van der Waals surface area contributed by atoms with Gasteiger partial charge in [0.15, 0.2) is 5.43 Å². The Bertz CT molecular complexity index is 1180. The molecule has 8 heteroatoms. The van der Waals surface area contributed by atoms with Gasteiger partial charge in [0.25, 0.3) is 0 Å². The van der Waals surface area contributed by atoms with E-state index in [1.165, 1.54) is 6.92 Å². The zero-order valence-corrected chi connectivity index (χ0v) is 17.8. The normalized spacial score (nSPS) is 12.6. The highest BCUT2D eigenvalue weighted by molar-refractivity contribution is 6.07. The van der Waals surface area contributed by atoms with Gasteiger partial charge in [-0.25, -0.2) is 10.2 Å². The van der Waals surface area contributed by atoms with Crippen LogP contribution in [0.5, 0.6) is 5.75 Å². The number of nitrogens with one attached hydrogen (secondary N) is 2. The molecule has 0 unspecified atom stereocenters. The zero-order chi connectivity index (χ0) is 21.4. The van der Waals surface area contributed by atoms with Crippen LogP contribution in [0.3, 0.4) is 0 Å². The summed E-state index contributed by atoms with van der Waals surface area (Å²) in [6.45, 7) is 9.24. The number of likely N-dealkylation sites (N-methyl/N-ethyl adjacent to an activating group) is 1. The zero-order valence-electron chi connectivity index (χ0n) is 17.8. The first-order chi connectivity index (χ1) is 14.4. The summed E-state index contributed by atoms with van der Waals surface area (Å²) in [5.74, 6) is -0.0588. The molecule has 0 fully saturated rings. The molecule has 0 saturated heterocycles. The number of carbonyl (C=O) groups excluding carboxylic acids is 1. The van der Waals surface area contributed by atoms with E-state index >= 15 is 0 Å². The molecule has 0 aliphatic carbocycles. The second kappa shape index (κ2) is 7.87. The Morgan fingerprint density at radius 3 is 2.67 bits per heavy atom. The Morgan fingerprint density at radius 1 is 1.20 bits per heavy atom. The molecule has 0 amide bonds. The molecule has 0 atom stereocenters. The van der Waals surface area contributed by atoms with Crippen LogP contribution < -0.4 is 26.0 Å². The maximum Gasteiger partial charge on any atom is 0.308 e. The summed E-state index contributed by atoms with van der Waals surface area (Å²) in [5, 5.41) is 6.45. The van der Waals surface area contributed by atoms with Gasteiger partial charge in [0, 0.05) is 32.7 Å². The van der Waals surface area contributed by atoms with Gasteiger partial charge in [-0.3, -0.25) is 14.6 Å². The Hall–Kier alpha value is -3.26. The highest BCUT2D eigenvalue weighted by atomic mass is 16.5. The SMILES string of the molecule is CCN(CC)CCNc1ccc2c3c1c(=O)c1cc(OC(C)=O)ccc1n3NN2C. The topological polar surface area (TPSA) is 78.8 Å². The number of nitrogens with zero attached hydrogens (tertiary/aromatic N) is 3. The van der Waals surface area contributed by atoms with E-state index in [2.05, 4.69) is 29.6 Å². The van der Waals surface area contributed by atoms with Crippen molar-refractivity contribution in [2.45, 2.75) is 20.8 Å². The van der Waals surface area contributed by atoms with E-state index in [1.54, 1.807) is 18.2 Å². The first kappa shape index (κ1) is 20.0. The smallest absolute Gasteiger partial charge is 0.308 e. The molecule has 2 aromatic carbocycles. The van der Waals surface area contributed by atoms with Crippen LogP contribution in [0.2, 0.25) is 0 Å². The van der Waals surface area contributed by atoms with Gasteiger partial charge in [-0.05, 0) is 43.4 Å². The van der Waals surface area contributed by atoms with Crippen molar-refractivity contribution in [1.82, 2.24) is 9.58 Å². The van der Waals surface area contributed by atoms with Crippen molar-refractivity contribution in [3.05, 3.63) is 40.6 Å². The summed E-state index contributed by atoms with van der Waals surface area (Å²) in [6, 6.07) is 9.09. The number of hydrazine groups is 1. The summed E-state index contributed by atoms with van der Waals surface area (Å²) in [4.78, 5) is 27.2. The second-order valence-electron chi connectivity index (χ2n) is 7.41. The number of benzene rings is 2. The maximum atomic E-state index is 13.5. The number of hydrogen-bond acceptors (Lipinski definition) is 7. The molecule has 1 aliphatic heterocycles. The minimum absolute atomic E-state index is 0.0884. The third-order valence-electron chi connectivity index (χ3n) is 5.57. The van der Waals surface area contributed by atoms with Crippen molar-refractivity contribution >= 4 is 39.1 Å². The fourth-order valence-corrected chi connectivity index (χ4v) is 4.03. The van der Waals surface area contributed by atoms with E-state index in [-0.39, 0.29) is 5.43 Å². The number of fused-ring (bicyclic) bond motifs is 2. The van der Waals surface area contributed by atoms with Gasteiger partial charge in [-0.1, -0.05) is 13.8 Å². The molecule has 1 aliphatic rings. The number of hydrogen-bond donors (Lipinski definition) is 2. The minimum atomic E-state index is -0.418. The quantitative estimate of drug-likeness (QED) is 0.353. The highest BCUT2D eigenvalue weighted by Gasteiger charge is 2.24. The van der Waals surface area contributed by atoms with E-state index in [0.29, 0.717) is 16.5 Å². The Morgan fingerprint density at radius 2 is 1.97 bits per heavy atom. The third kappa shape index (κ3) is 3.33. The van der Waals surface area contributed by atoms with E-state index < -0.39 is 5.97 Å². The summed E-state index contributed by atoms with van der Waals surface area (Å²) in [5.41, 5.74) is 6.50. The maximum absolute atomic E-state index is 13.5. The summed E-state index contributed by atoms with van der Waals surface area (Å²) in [7, 11) is 1.92.